The van der Waals surface area contributed by atoms with Crippen LogP contribution >= 0.6 is 0 Å². The van der Waals surface area contributed by atoms with Crippen LogP contribution in [0.15, 0.2) is 59.4 Å². The number of aromatic amines is 1. The average Bonchev–Trinajstić information content (AvgIpc) is 3.21. The van der Waals surface area contributed by atoms with Crippen molar-refractivity contribution < 1.29 is 5.11 Å². The van der Waals surface area contributed by atoms with Crippen LogP contribution in [-0.2, 0) is 0 Å². The fourth-order valence-corrected chi connectivity index (χ4v) is 3.43. The van der Waals surface area contributed by atoms with Crippen LogP contribution in [0, 0.1) is 0 Å². The van der Waals surface area contributed by atoms with Crippen molar-refractivity contribution in [1.82, 2.24) is 30.4 Å². The van der Waals surface area contributed by atoms with Gasteiger partial charge in [-0.2, -0.15) is 9.78 Å². The largest absolute Gasteiger partial charge is 0.508 e. The number of tetrazole rings is 1. The molecule has 0 fully saturated rings. The Morgan fingerprint density at radius 3 is 2.76 bits per heavy atom. The summed E-state index contributed by atoms with van der Waals surface area (Å²) in [5.41, 5.74) is 2.84. The van der Waals surface area contributed by atoms with E-state index in [1.54, 1.807) is 22.9 Å². The van der Waals surface area contributed by atoms with Gasteiger partial charge in [0.2, 0.25) is 5.95 Å². The van der Waals surface area contributed by atoms with Crippen LogP contribution in [0.1, 0.15) is 28.4 Å². The van der Waals surface area contributed by atoms with E-state index in [0.717, 1.165) is 11.1 Å². The number of nitrogens with one attached hydrogen (secondary N) is 2. The molecule has 29 heavy (non-hydrogen) atoms. The molecule has 3 heterocycles. The lowest BCUT2D eigenvalue weighted by molar-refractivity contribution is 0.472. The number of fused-ring (bicyclic) bond motifs is 2. The summed E-state index contributed by atoms with van der Waals surface area (Å²) in [6.45, 7) is 0. The van der Waals surface area contributed by atoms with Crippen molar-refractivity contribution in [3.63, 3.8) is 0 Å². The minimum absolute atomic E-state index is 0.108. The second-order valence-electron chi connectivity index (χ2n) is 6.54. The Bertz CT molecular complexity index is 1280. The molecule has 0 unspecified atom stereocenters. The van der Waals surface area contributed by atoms with Gasteiger partial charge in [0.1, 0.15) is 17.5 Å². The zero-order valence-corrected chi connectivity index (χ0v) is 15.0. The summed E-state index contributed by atoms with van der Waals surface area (Å²) in [7, 11) is 0. The molecule has 0 saturated heterocycles. The average molecular weight is 385 g/mol. The zero-order chi connectivity index (χ0) is 19.8. The molecule has 0 radical (unpaired) electrons. The predicted molar refractivity (Wildman–Crippen MR) is 107 cm³/mol. The van der Waals surface area contributed by atoms with Gasteiger partial charge in [-0.15, -0.1) is 0 Å². The molecule has 142 valence electrons. The highest BCUT2D eigenvalue weighted by molar-refractivity contribution is 5.75. The summed E-state index contributed by atoms with van der Waals surface area (Å²) in [5.74, 6) is 0.442. The van der Waals surface area contributed by atoms with E-state index < -0.39 is 6.04 Å². The van der Waals surface area contributed by atoms with E-state index in [4.69, 9.17) is 0 Å². The van der Waals surface area contributed by atoms with E-state index in [1.807, 2.05) is 48.6 Å². The number of aromatic hydroxyl groups is 1. The number of phenolic OH excluding ortho intramolecular Hbond substituents is 1. The van der Waals surface area contributed by atoms with Gasteiger partial charge < -0.3 is 10.4 Å². The van der Waals surface area contributed by atoms with Gasteiger partial charge in [-0.1, -0.05) is 53.6 Å². The lowest BCUT2D eigenvalue weighted by atomic mass is 9.94. The van der Waals surface area contributed by atoms with Crippen molar-refractivity contribution >= 4 is 23.8 Å². The van der Waals surface area contributed by atoms with Crippen molar-refractivity contribution in [3.8, 4) is 5.75 Å². The monoisotopic (exact) mass is 385 g/mol. The Balaban J connectivity index is 1.72. The third kappa shape index (κ3) is 2.94. The van der Waals surface area contributed by atoms with Crippen molar-refractivity contribution in [3.05, 3.63) is 87.3 Å². The summed E-state index contributed by atoms with van der Waals surface area (Å²) in [5, 5.41) is 31.5. The Morgan fingerprint density at radius 2 is 1.93 bits per heavy atom. The molecular weight excluding hydrogens is 370 g/mol. The number of anilines is 2. The number of hydrogen-bond acceptors (Lipinski definition) is 7. The third-order valence-electron chi connectivity index (χ3n) is 4.72. The number of benzene rings is 2. The SMILES string of the molecule is O=c1[nH]nc(/C=C/c2ccccc2)c2c1Nc1nnnn1[C@H]2c1cccc(O)c1. The minimum atomic E-state index is -0.534. The van der Waals surface area contributed by atoms with Gasteiger partial charge in [-0.05, 0) is 39.8 Å². The maximum absolute atomic E-state index is 12.5. The molecule has 5 rings (SSSR count). The van der Waals surface area contributed by atoms with Crippen molar-refractivity contribution in [2.75, 3.05) is 5.32 Å². The molecule has 4 aromatic rings. The first kappa shape index (κ1) is 16.9. The van der Waals surface area contributed by atoms with Crippen LogP contribution in [0.3, 0.4) is 0 Å². The van der Waals surface area contributed by atoms with Gasteiger partial charge in [-0.25, -0.2) is 5.10 Å². The molecule has 1 atom stereocenters. The van der Waals surface area contributed by atoms with Crippen molar-refractivity contribution in [2.24, 2.45) is 0 Å². The number of aromatic nitrogens is 6. The maximum atomic E-state index is 12.5. The van der Waals surface area contributed by atoms with Crippen LogP contribution in [0.5, 0.6) is 5.75 Å². The Labute approximate surface area is 164 Å². The van der Waals surface area contributed by atoms with Gasteiger partial charge >= 0.3 is 0 Å². The smallest absolute Gasteiger partial charge is 0.288 e. The van der Waals surface area contributed by atoms with Gasteiger partial charge in [0, 0.05) is 5.56 Å². The molecule has 0 saturated carbocycles. The highest BCUT2D eigenvalue weighted by Crippen LogP contribution is 2.39. The number of nitrogens with zero attached hydrogens (tertiary/aromatic N) is 5. The second kappa shape index (κ2) is 6.71. The number of phenols is 1. The molecule has 0 spiro atoms. The molecule has 2 aromatic heterocycles. The van der Waals surface area contributed by atoms with Crippen molar-refractivity contribution in [2.45, 2.75) is 6.04 Å². The second-order valence-corrected chi connectivity index (χ2v) is 6.54. The van der Waals surface area contributed by atoms with E-state index in [-0.39, 0.29) is 11.3 Å². The Hall–Kier alpha value is -4.27. The number of hydrogen-bond donors (Lipinski definition) is 3. The van der Waals surface area contributed by atoms with Crippen LogP contribution in [0.4, 0.5) is 11.6 Å². The van der Waals surface area contributed by atoms with Crippen LogP contribution in [0.2, 0.25) is 0 Å². The highest BCUT2D eigenvalue weighted by atomic mass is 16.3. The molecule has 1 aliphatic heterocycles. The summed E-state index contributed by atoms with van der Waals surface area (Å²) in [6.07, 6.45) is 3.74. The molecule has 0 bridgehead atoms. The quantitative estimate of drug-likeness (QED) is 0.436. The molecule has 9 nitrogen and oxygen atoms in total. The first-order valence-corrected chi connectivity index (χ1v) is 8.90. The number of H-pyrrole nitrogens is 1. The molecule has 3 N–H and O–H groups in total. The first-order chi connectivity index (χ1) is 14.2. The summed E-state index contributed by atoms with van der Waals surface area (Å²) >= 11 is 0. The topological polar surface area (TPSA) is 122 Å². The van der Waals surface area contributed by atoms with Gasteiger partial charge in [0.05, 0.1) is 5.69 Å². The Morgan fingerprint density at radius 1 is 1.07 bits per heavy atom. The van der Waals surface area contributed by atoms with E-state index in [9.17, 15) is 9.90 Å². The third-order valence-corrected chi connectivity index (χ3v) is 4.72. The summed E-state index contributed by atoms with van der Waals surface area (Å²) in [4.78, 5) is 12.5. The molecule has 1 aliphatic rings. The summed E-state index contributed by atoms with van der Waals surface area (Å²) in [6, 6.07) is 16.0. The van der Waals surface area contributed by atoms with E-state index in [0.29, 0.717) is 22.9 Å². The van der Waals surface area contributed by atoms with E-state index in [1.165, 1.54) is 0 Å². The zero-order valence-electron chi connectivity index (χ0n) is 15.0. The molecule has 9 heteroatoms. The van der Waals surface area contributed by atoms with Gasteiger partial charge in [0.25, 0.3) is 5.56 Å². The lowest BCUT2D eigenvalue weighted by Gasteiger charge is -2.27. The van der Waals surface area contributed by atoms with Crippen LogP contribution in [-0.4, -0.2) is 35.5 Å². The molecule has 2 aromatic carbocycles. The van der Waals surface area contributed by atoms with E-state index >= 15 is 0 Å². The highest BCUT2D eigenvalue weighted by Gasteiger charge is 2.33. The number of rotatable bonds is 3. The fraction of sp³-hybridized carbons (Fsp3) is 0.0500. The van der Waals surface area contributed by atoms with Crippen LogP contribution in [0.25, 0.3) is 12.2 Å². The maximum Gasteiger partial charge on any atom is 0.288 e. The van der Waals surface area contributed by atoms with Crippen LogP contribution < -0.4 is 10.9 Å². The first-order valence-electron chi connectivity index (χ1n) is 8.90. The fourth-order valence-electron chi connectivity index (χ4n) is 3.43. The normalized spacial score (nSPS) is 15.0. The minimum Gasteiger partial charge on any atom is -0.508 e. The summed E-state index contributed by atoms with van der Waals surface area (Å²) < 4.78 is 1.57. The van der Waals surface area contributed by atoms with Gasteiger partial charge in [0.15, 0.2) is 0 Å². The predicted octanol–water partition coefficient (Wildman–Crippen LogP) is 2.33. The Kier molecular flexibility index (Phi) is 3.91. The van der Waals surface area contributed by atoms with E-state index in [2.05, 4.69) is 31.0 Å². The van der Waals surface area contributed by atoms with Crippen molar-refractivity contribution in [1.29, 1.82) is 0 Å². The molecular formula is C20H15N7O2. The van der Waals surface area contributed by atoms with Gasteiger partial charge in [-0.3, -0.25) is 4.79 Å². The molecule has 0 amide bonds. The lowest BCUT2D eigenvalue weighted by Crippen LogP contribution is -2.29. The molecule has 0 aliphatic carbocycles. The standard InChI is InChI=1S/C20H15N7O2/c28-14-8-4-7-13(11-14)18-16-15(10-9-12-5-2-1-3-6-12)22-23-19(29)17(16)21-20-24-25-26-27(18)20/h1-11,18,28H,(H,23,29)(H,21,24,26)/b10-9+/t18-/m0/s1.